The van der Waals surface area contributed by atoms with Gasteiger partial charge in [0.05, 0.1) is 12.7 Å². The van der Waals surface area contributed by atoms with E-state index in [1.54, 1.807) is 49.4 Å². The number of aryl methyl sites for hydroxylation is 1. The smallest absolute Gasteiger partial charge is 0.337 e. The van der Waals surface area contributed by atoms with Crippen molar-refractivity contribution in [1.29, 1.82) is 0 Å². The number of ether oxygens (including phenoxy) is 1. The third-order valence-corrected chi connectivity index (χ3v) is 3.22. The fourth-order valence-electron chi connectivity index (χ4n) is 1.87. The van der Waals surface area contributed by atoms with Crippen LogP contribution < -0.4 is 5.32 Å². The van der Waals surface area contributed by atoms with E-state index in [0.29, 0.717) is 21.8 Å². The molecule has 0 aromatic heterocycles. The van der Waals surface area contributed by atoms with Crippen molar-refractivity contribution in [2.75, 3.05) is 12.4 Å². The lowest BCUT2D eigenvalue weighted by atomic mass is 10.1. The molecule has 0 aliphatic carbocycles. The zero-order valence-corrected chi connectivity index (χ0v) is 12.4. The summed E-state index contributed by atoms with van der Waals surface area (Å²) in [5, 5.41) is 3.29. The van der Waals surface area contributed by atoms with Crippen molar-refractivity contribution in [3.63, 3.8) is 0 Å². The van der Waals surface area contributed by atoms with E-state index < -0.39 is 5.97 Å². The van der Waals surface area contributed by atoms with Gasteiger partial charge in [-0.15, -0.1) is 0 Å². The lowest BCUT2D eigenvalue weighted by Gasteiger charge is -2.10. The maximum atomic E-state index is 12.1. The fourth-order valence-corrected chi connectivity index (χ4v) is 2.06. The monoisotopic (exact) mass is 303 g/mol. The Kier molecular flexibility index (Phi) is 4.60. The van der Waals surface area contributed by atoms with E-state index in [9.17, 15) is 9.59 Å². The van der Waals surface area contributed by atoms with Gasteiger partial charge in [0.1, 0.15) is 0 Å². The minimum absolute atomic E-state index is 0.258. The van der Waals surface area contributed by atoms with Gasteiger partial charge in [-0.2, -0.15) is 0 Å². The Balaban J connectivity index is 2.20. The van der Waals surface area contributed by atoms with Gasteiger partial charge in [0.2, 0.25) is 0 Å². The molecular formula is C16H14ClNO3. The van der Waals surface area contributed by atoms with Gasteiger partial charge in [0.15, 0.2) is 0 Å². The second-order valence-corrected chi connectivity index (χ2v) is 4.92. The second kappa shape index (κ2) is 6.41. The van der Waals surface area contributed by atoms with Crippen LogP contribution in [0.4, 0.5) is 5.69 Å². The summed E-state index contributed by atoms with van der Waals surface area (Å²) in [5.41, 5.74) is 2.32. The summed E-state index contributed by atoms with van der Waals surface area (Å²) in [6.07, 6.45) is 0. The zero-order valence-electron chi connectivity index (χ0n) is 11.6. The third kappa shape index (κ3) is 3.61. The van der Waals surface area contributed by atoms with E-state index in [2.05, 4.69) is 10.1 Å². The molecule has 1 N–H and O–H groups in total. The van der Waals surface area contributed by atoms with Crippen LogP contribution in [0, 0.1) is 6.92 Å². The summed E-state index contributed by atoms with van der Waals surface area (Å²) in [7, 11) is 1.33. The van der Waals surface area contributed by atoms with E-state index in [1.165, 1.54) is 7.11 Å². The normalized spacial score (nSPS) is 10.0. The summed E-state index contributed by atoms with van der Waals surface area (Å²) in [5.74, 6) is -0.669. The lowest BCUT2D eigenvalue weighted by Crippen LogP contribution is -2.13. The van der Waals surface area contributed by atoms with Gasteiger partial charge in [0.25, 0.3) is 5.91 Å². The number of carbonyl (C=O) groups is 2. The number of hydrogen-bond acceptors (Lipinski definition) is 3. The van der Waals surface area contributed by atoms with Gasteiger partial charge in [-0.1, -0.05) is 17.7 Å². The Morgan fingerprint density at radius 1 is 1.10 bits per heavy atom. The number of methoxy groups -OCH3 is 1. The Labute approximate surface area is 127 Å². The predicted molar refractivity (Wildman–Crippen MR) is 81.9 cm³/mol. The van der Waals surface area contributed by atoms with E-state index in [-0.39, 0.29) is 5.91 Å². The summed E-state index contributed by atoms with van der Waals surface area (Å²) >= 11 is 5.86. The molecule has 0 unspecified atom stereocenters. The first-order valence-corrected chi connectivity index (χ1v) is 6.65. The van der Waals surface area contributed by atoms with Crippen LogP contribution in [0.25, 0.3) is 0 Å². The van der Waals surface area contributed by atoms with Crippen LogP contribution in [-0.4, -0.2) is 19.0 Å². The molecular weight excluding hydrogens is 290 g/mol. The molecule has 2 rings (SSSR count). The van der Waals surface area contributed by atoms with Crippen LogP contribution in [0.1, 0.15) is 26.3 Å². The molecule has 0 radical (unpaired) electrons. The highest BCUT2D eigenvalue weighted by Crippen LogP contribution is 2.19. The van der Waals surface area contributed by atoms with Crippen LogP contribution in [0.2, 0.25) is 5.02 Å². The SMILES string of the molecule is COC(=O)c1ccc(NC(=O)c2cccc(Cl)c2)c(C)c1. The summed E-state index contributed by atoms with van der Waals surface area (Å²) in [6, 6.07) is 11.6. The van der Waals surface area contributed by atoms with Gasteiger partial charge in [-0.3, -0.25) is 4.79 Å². The highest BCUT2D eigenvalue weighted by Gasteiger charge is 2.11. The minimum Gasteiger partial charge on any atom is -0.465 e. The number of halogens is 1. The van der Waals surface area contributed by atoms with Crippen molar-refractivity contribution in [2.45, 2.75) is 6.92 Å². The van der Waals surface area contributed by atoms with E-state index >= 15 is 0 Å². The number of carbonyl (C=O) groups excluding carboxylic acids is 2. The zero-order chi connectivity index (χ0) is 15.4. The molecule has 0 bridgehead atoms. The van der Waals surface area contributed by atoms with Gasteiger partial charge in [0, 0.05) is 16.3 Å². The van der Waals surface area contributed by atoms with Gasteiger partial charge in [-0.25, -0.2) is 4.79 Å². The number of benzene rings is 2. The molecule has 21 heavy (non-hydrogen) atoms. The van der Waals surface area contributed by atoms with E-state index in [4.69, 9.17) is 11.6 Å². The first kappa shape index (κ1) is 15.1. The van der Waals surface area contributed by atoms with Crippen LogP contribution in [0.15, 0.2) is 42.5 Å². The molecule has 108 valence electrons. The molecule has 2 aromatic rings. The van der Waals surface area contributed by atoms with Crippen molar-refractivity contribution in [3.8, 4) is 0 Å². The van der Waals surface area contributed by atoms with Crippen LogP contribution >= 0.6 is 11.6 Å². The van der Waals surface area contributed by atoms with Gasteiger partial charge < -0.3 is 10.1 Å². The maximum absolute atomic E-state index is 12.1. The van der Waals surface area contributed by atoms with Gasteiger partial charge >= 0.3 is 5.97 Å². The first-order chi connectivity index (χ1) is 10.0. The Morgan fingerprint density at radius 3 is 2.48 bits per heavy atom. The largest absolute Gasteiger partial charge is 0.465 e. The highest BCUT2D eigenvalue weighted by molar-refractivity contribution is 6.31. The number of esters is 1. The molecule has 5 heteroatoms. The quantitative estimate of drug-likeness (QED) is 0.880. The Hall–Kier alpha value is -2.33. The summed E-state index contributed by atoms with van der Waals surface area (Å²) in [6.45, 7) is 1.81. The van der Waals surface area contributed by atoms with Crippen molar-refractivity contribution in [2.24, 2.45) is 0 Å². The number of nitrogens with one attached hydrogen (secondary N) is 1. The second-order valence-electron chi connectivity index (χ2n) is 4.49. The molecule has 4 nitrogen and oxygen atoms in total. The number of rotatable bonds is 3. The summed E-state index contributed by atoms with van der Waals surface area (Å²) < 4.78 is 4.65. The Morgan fingerprint density at radius 2 is 1.86 bits per heavy atom. The average molecular weight is 304 g/mol. The van der Waals surface area contributed by atoms with Crippen LogP contribution in [0.5, 0.6) is 0 Å². The Bertz CT molecular complexity index is 698. The topological polar surface area (TPSA) is 55.4 Å². The number of hydrogen-bond donors (Lipinski definition) is 1. The molecule has 0 fully saturated rings. The van der Waals surface area contributed by atoms with Crippen LogP contribution in [0.3, 0.4) is 0 Å². The van der Waals surface area contributed by atoms with Crippen molar-refractivity contribution in [1.82, 2.24) is 0 Å². The molecule has 0 saturated carbocycles. The molecule has 0 aliphatic heterocycles. The lowest BCUT2D eigenvalue weighted by molar-refractivity contribution is 0.0600. The summed E-state index contributed by atoms with van der Waals surface area (Å²) in [4.78, 5) is 23.6. The molecule has 0 atom stereocenters. The standard InChI is InChI=1S/C16H14ClNO3/c1-10-8-12(16(20)21-2)6-7-14(10)18-15(19)11-4-3-5-13(17)9-11/h3-9H,1-2H3,(H,18,19). The number of anilines is 1. The van der Waals surface area contributed by atoms with Gasteiger partial charge in [-0.05, 0) is 48.9 Å². The molecule has 0 heterocycles. The minimum atomic E-state index is -0.411. The first-order valence-electron chi connectivity index (χ1n) is 6.27. The van der Waals surface area contributed by atoms with Crippen molar-refractivity contribution in [3.05, 3.63) is 64.2 Å². The fraction of sp³-hybridized carbons (Fsp3) is 0.125. The van der Waals surface area contributed by atoms with Crippen molar-refractivity contribution < 1.29 is 14.3 Å². The predicted octanol–water partition coefficient (Wildman–Crippen LogP) is 3.69. The highest BCUT2D eigenvalue weighted by atomic mass is 35.5. The number of amides is 1. The van der Waals surface area contributed by atoms with Crippen molar-refractivity contribution >= 4 is 29.2 Å². The van der Waals surface area contributed by atoms with E-state index in [1.807, 2.05) is 0 Å². The van der Waals surface area contributed by atoms with E-state index in [0.717, 1.165) is 5.56 Å². The molecule has 2 aromatic carbocycles. The average Bonchev–Trinajstić information content (AvgIpc) is 2.48. The molecule has 1 amide bonds. The van der Waals surface area contributed by atoms with Crippen LogP contribution in [-0.2, 0) is 4.74 Å². The molecule has 0 aliphatic rings. The maximum Gasteiger partial charge on any atom is 0.337 e. The molecule has 0 spiro atoms. The molecule has 0 saturated heterocycles. The third-order valence-electron chi connectivity index (χ3n) is 2.98.